The quantitative estimate of drug-likeness (QED) is 0.786. The lowest BCUT2D eigenvalue weighted by atomic mass is 10.2. The lowest BCUT2D eigenvalue weighted by Gasteiger charge is -2.24. The number of nitrogens with zero attached hydrogens (tertiary/aromatic N) is 2. The van der Waals surface area contributed by atoms with Gasteiger partial charge in [-0.1, -0.05) is 12.2 Å². The van der Waals surface area contributed by atoms with E-state index in [4.69, 9.17) is 18.0 Å². The molecule has 15 heavy (non-hydrogen) atoms. The predicted octanol–water partition coefficient (Wildman–Crippen LogP) is 1.70. The summed E-state index contributed by atoms with van der Waals surface area (Å²) >= 11 is 5.01. The Labute approximate surface area is 95.3 Å². The second kappa shape index (κ2) is 4.14. The van der Waals surface area contributed by atoms with Gasteiger partial charge < -0.3 is 10.6 Å². The first-order valence-corrected chi connectivity index (χ1v) is 5.66. The molecule has 4 heteroatoms. The second-order valence-electron chi connectivity index (χ2n) is 3.75. The molecule has 0 radical (unpaired) electrons. The van der Waals surface area contributed by atoms with E-state index in [1.54, 1.807) is 6.20 Å². The fourth-order valence-electron chi connectivity index (χ4n) is 1.83. The second-order valence-corrected chi connectivity index (χ2v) is 4.19. The summed E-state index contributed by atoms with van der Waals surface area (Å²) in [6.07, 6.45) is 4.26. The molecule has 2 N–H and O–H groups in total. The van der Waals surface area contributed by atoms with E-state index in [2.05, 4.69) is 16.8 Å². The zero-order valence-electron chi connectivity index (χ0n) is 8.81. The van der Waals surface area contributed by atoms with E-state index in [0.717, 1.165) is 17.9 Å². The van der Waals surface area contributed by atoms with Gasteiger partial charge in [0.15, 0.2) is 0 Å². The molecule has 1 aromatic heterocycles. The van der Waals surface area contributed by atoms with Crippen molar-refractivity contribution < 1.29 is 0 Å². The first-order valence-electron chi connectivity index (χ1n) is 5.25. The van der Waals surface area contributed by atoms with Crippen molar-refractivity contribution in [2.45, 2.75) is 25.8 Å². The standard InChI is InChI=1S/C11H15N3S/c1-2-14(8-5-6-8)9-4-3-7-13-10(9)11(12)15/h3-4,7-8H,2,5-6H2,1H3,(H2,12,15). The van der Waals surface area contributed by atoms with Gasteiger partial charge in [-0.2, -0.15) is 0 Å². The van der Waals surface area contributed by atoms with Crippen molar-refractivity contribution in [3.8, 4) is 0 Å². The van der Waals surface area contributed by atoms with Gasteiger partial charge in [0.1, 0.15) is 10.7 Å². The van der Waals surface area contributed by atoms with E-state index in [9.17, 15) is 0 Å². The van der Waals surface area contributed by atoms with Crippen LogP contribution in [-0.2, 0) is 0 Å². The van der Waals surface area contributed by atoms with Crippen LogP contribution < -0.4 is 10.6 Å². The maximum absolute atomic E-state index is 5.67. The summed E-state index contributed by atoms with van der Waals surface area (Å²) in [7, 11) is 0. The number of nitrogens with two attached hydrogens (primary N) is 1. The molecule has 80 valence electrons. The summed E-state index contributed by atoms with van der Waals surface area (Å²) in [5.74, 6) is 0. The molecule has 1 aliphatic rings. The largest absolute Gasteiger partial charge is 0.388 e. The van der Waals surface area contributed by atoms with Crippen LogP contribution in [0.4, 0.5) is 5.69 Å². The van der Waals surface area contributed by atoms with Crippen LogP contribution in [0.5, 0.6) is 0 Å². The molecule has 0 spiro atoms. The Balaban J connectivity index is 2.36. The van der Waals surface area contributed by atoms with Gasteiger partial charge in [-0.25, -0.2) is 0 Å². The third kappa shape index (κ3) is 2.09. The minimum atomic E-state index is 0.379. The van der Waals surface area contributed by atoms with Crippen molar-refractivity contribution in [2.75, 3.05) is 11.4 Å². The number of thiocarbonyl (C=S) groups is 1. The summed E-state index contributed by atoms with van der Waals surface area (Å²) in [4.78, 5) is 6.96. The molecule has 2 rings (SSSR count). The molecule has 1 aromatic rings. The summed E-state index contributed by atoms with van der Waals surface area (Å²) < 4.78 is 0. The molecular weight excluding hydrogens is 206 g/mol. The van der Waals surface area contributed by atoms with Gasteiger partial charge in [0.05, 0.1) is 5.69 Å². The lowest BCUT2D eigenvalue weighted by Crippen LogP contribution is -2.28. The van der Waals surface area contributed by atoms with Gasteiger partial charge >= 0.3 is 0 Å². The smallest absolute Gasteiger partial charge is 0.124 e. The number of rotatable bonds is 4. The van der Waals surface area contributed by atoms with Gasteiger partial charge in [0, 0.05) is 18.8 Å². The highest BCUT2D eigenvalue weighted by Crippen LogP contribution is 2.32. The van der Waals surface area contributed by atoms with Crippen molar-refractivity contribution in [1.29, 1.82) is 0 Å². The van der Waals surface area contributed by atoms with Crippen LogP contribution in [0.25, 0.3) is 0 Å². The van der Waals surface area contributed by atoms with Gasteiger partial charge in [0.2, 0.25) is 0 Å². The number of hydrogen-bond acceptors (Lipinski definition) is 3. The number of pyridine rings is 1. The molecule has 0 atom stereocenters. The molecule has 0 aliphatic heterocycles. The number of aromatic nitrogens is 1. The van der Waals surface area contributed by atoms with Gasteiger partial charge in [0.25, 0.3) is 0 Å². The molecular formula is C11H15N3S. The van der Waals surface area contributed by atoms with E-state index >= 15 is 0 Å². The molecule has 0 unspecified atom stereocenters. The highest BCUT2D eigenvalue weighted by atomic mass is 32.1. The predicted molar refractivity (Wildman–Crippen MR) is 66.2 cm³/mol. The van der Waals surface area contributed by atoms with Crippen molar-refractivity contribution in [3.63, 3.8) is 0 Å². The maximum atomic E-state index is 5.67. The van der Waals surface area contributed by atoms with E-state index in [1.807, 2.05) is 12.1 Å². The minimum absolute atomic E-state index is 0.379. The number of hydrogen-bond donors (Lipinski definition) is 1. The van der Waals surface area contributed by atoms with Crippen LogP contribution >= 0.6 is 12.2 Å². The van der Waals surface area contributed by atoms with Crippen molar-refractivity contribution in [1.82, 2.24) is 4.98 Å². The first kappa shape index (κ1) is 10.4. The van der Waals surface area contributed by atoms with Gasteiger partial charge in [-0.3, -0.25) is 4.98 Å². The zero-order chi connectivity index (χ0) is 10.8. The molecule has 1 aliphatic carbocycles. The van der Waals surface area contributed by atoms with Crippen molar-refractivity contribution in [2.24, 2.45) is 5.73 Å². The Morgan fingerprint density at radius 1 is 1.67 bits per heavy atom. The SMILES string of the molecule is CCN(c1cccnc1C(N)=S)C1CC1. The summed E-state index contributed by atoms with van der Waals surface area (Å²) in [6, 6.07) is 4.64. The third-order valence-corrected chi connectivity index (χ3v) is 2.85. The van der Waals surface area contributed by atoms with Crippen molar-refractivity contribution in [3.05, 3.63) is 24.0 Å². The summed E-state index contributed by atoms with van der Waals surface area (Å²) in [5.41, 5.74) is 7.50. The fourth-order valence-corrected chi connectivity index (χ4v) is 1.99. The minimum Gasteiger partial charge on any atom is -0.388 e. The van der Waals surface area contributed by atoms with Gasteiger partial charge in [-0.15, -0.1) is 0 Å². The highest BCUT2D eigenvalue weighted by Gasteiger charge is 2.29. The molecule has 1 saturated carbocycles. The Kier molecular flexibility index (Phi) is 2.86. The van der Waals surface area contributed by atoms with Crippen LogP contribution in [0.1, 0.15) is 25.5 Å². The van der Waals surface area contributed by atoms with Crippen LogP contribution in [0.2, 0.25) is 0 Å². The van der Waals surface area contributed by atoms with Crippen LogP contribution in [0.15, 0.2) is 18.3 Å². The van der Waals surface area contributed by atoms with E-state index < -0.39 is 0 Å². The van der Waals surface area contributed by atoms with Crippen LogP contribution in [-0.4, -0.2) is 22.6 Å². The average molecular weight is 221 g/mol. The molecule has 1 heterocycles. The van der Waals surface area contributed by atoms with E-state index in [0.29, 0.717) is 11.0 Å². The monoisotopic (exact) mass is 221 g/mol. The topological polar surface area (TPSA) is 42.2 Å². The molecule has 1 fully saturated rings. The Bertz CT molecular complexity index is 374. The molecule has 0 bridgehead atoms. The van der Waals surface area contributed by atoms with Crippen LogP contribution in [0, 0.1) is 0 Å². The highest BCUT2D eigenvalue weighted by molar-refractivity contribution is 7.80. The Hall–Kier alpha value is -1.16. The maximum Gasteiger partial charge on any atom is 0.124 e. The fraction of sp³-hybridized carbons (Fsp3) is 0.455. The molecule has 0 saturated heterocycles. The molecule has 3 nitrogen and oxygen atoms in total. The Morgan fingerprint density at radius 2 is 2.40 bits per heavy atom. The third-order valence-electron chi connectivity index (χ3n) is 2.66. The molecule has 0 amide bonds. The normalized spacial score (nSPS) is 15.0. The Morgan fingerprint density at radius 3 is 2.93 bits per heavy atom. The molecule has 0 aromatic carbocycles. The van der Waals surface area contributed by atoms with E-state index in [1.165, 1.54) is 12.8 Å². The van der Waals surface area contributed by atoms with Gasteiger partial charge in [-0.05, 0) is 31.9 Å². The van der Waals surface area contributed by atoms with Crippen molar-refractivity contribution >= 4 is 22.9 Å². The van der Waals surface area contributed by atoms with E-state index in [-0.39, 0.29) is 0 Å². The zero-order valence-corrected chi connectivity index (χ0v) is 9.63. The van der Waals surface area contributed by atoms with Crippen LogP contribution in [0.3, 0.4) is 0 Å². The summed E-state index contributed by atoms with van der Waals surface area (Å²) in [5, 5.41) is 0. The summed E-state index contributed by atoms with van der Waals surface area (Å²) in [6.45, 7) is 3.13. The lowest BCUT2D eigenvalue weighted by molar-refractivity contribution is 0.822. The first-order chi connectivity index (χ1) is 7.24. The number of anilines is 1. The average Bonchev–Trinajstić information content (AvgIpc) is 3.04.